The summed E-state index contributed by atoms with van der Waals surface area (Å²) >= 11 is 0. The van der Waals surface area contributed by atoms with E-state index in [1.807, 2.05) is 0 Å². The van der Waals surface area contributed by atoms with Crippen molar-refractivity contribution in [2.45, 2.75) is 63.1 Å². The number of halogens is 3. The van der Waals surface area contributed by atoms with Crippen LogP contribution in [0, 0.1) is 0 Å². The zero-order chi connectivity index (χ0) is 17.4. The molecule has 1 aromatic rings. The molecule has 2 aliphatic rings. The molecule has 0 aromatic carbocycles. The molecule has 5 nitrogen and oxygen atoms in total. The minimum atomic E-state index is -4.67. The lowest BCUT2D eigenvalue weighted by molar-refractivity contribution is -0.263. The van der Waals surface area contributed by atoms with E-state index >= 15 is 0 Å². The van der Waals surface area contributed by atoms with E-state index in [4.69, 9.17) is 0 Å². The van der Waals surface area contributed by atoms with E-state index < -0.39 is 18.2 Å². The van der Waals surface area contributed by atoms with Crippen molar-refractivity contribution in [2.75, 3.05) is 13.1 Å². The average Bonchev–Trinajstić information content (AvgIpc) is 2.68. The highest BCUT2D eigenvalue weighted by Crippen LogP contribution is 2.38. The third kappa shape index (κ3) is 3.16. The Morgan fingerprint density at radius 3 is 2.62 bits per heavy atom. The van der Waals surface area contributed by atoms with Gasteiger partial charge in [0.1, 0.15) is 0 Å². The SMILES string of the molecule is O=C(c1n[nH]c2c1CCCCC2)N1CCCC(O)(C(F)(F)F)CC1. The summed E-state index contributed by atoms with van der Waals surface area (Å²) in [6.07, 6.45) is -0.668. The largest absolute Gasteiger partial charge is 0.417 e. The average molecular weight is 345 g/mol. The number of alkyl halides is 3. The Kier molecular flexibility index (Phi) is 4.59. The molecular weight excluding hydrogens is 323 g/mol. The number of aliphatic hydroxyl groups is 1. The number of aromatic nitrogens is 2. The number of amides is 1. The first-order valence-corrected chi connectivity index (χ1v) is 8.46. The third-order valence-corrected chi connectivity index (χ3v) is 5.14. The first-order chi connectivity index (χ1) is 11.3. The maximum atomic E-state index is 13.0. The highest BCUT2D eigenvalue weighted by atomic mass is 19.4. The number of aromatic amines is 1. The lowest BCUT2D eigenvalue weighted by Gasteiger charge is -2.29. The summed E-state index contributed by atoms with van der Waals surface area (Å²) in [7, 11) is 0. The van der Waals surface area contributed by atoms with Gasteiger partial charge in [-0.15, -0.1) is 0 Å². The van der Waals surface area contributed by atoms with Crippen LogP contribution >= 0.6 is 0 Å². The molecule has 1 aliphatic heterocycles. The number of hydrogen-bond donors (Lipinski definition) is 2. The summed E-state index contributed by atoms with van der Waals surface area (Å²) in [5.41, 5.74) is -0.487. The highest BCUT2D eigenvalue weighted by molar-refractivity contribution is 5.94. The Morgan fingerprint density at radius 1 is 1.12 bits per heavy atom. The summed E-state index contributed by atoms with van der Waals surface area (Å²) in [6.45, 7) is 0.0926. The summed E-state index contributed by atoms with van der Waals surface area (Å²) < 4.78 is 39.0. The quantitative estimate of drug-likeness (QED) is 0.769. The van der Waals surface area contributed by atoms with E-state index in [-0.39, 0.29) is 31.8 Å². The molecule has 3 rings (SSSR count). The predicted molar refractivity (Wildman–Crippen MR) is 80.6 cm³/mol. The molecule has 1 unspecified atom stereocenters. The maximum absolute atomic E-state index is 13.0. The van der Waals surface area contributed by atoms with Gasteiger partial charge < -0.3 is 10.0 Å². The van der Waals surface area contributed by atoms with Crippen LogP contribution in [0.25, 0.3) is 0 Å². The number of rotatable bonds is 1. The Balaban J connectivity index is 1.76. The van der Waals surface area contributed by atoms with E-state index in [0.29, 0.717) is 5.69 Å². The summed E-state index contributed by atoms with van der Waals surface area (Å²) in [6, 6.07) is 0. The molecule has 2 N–H and O–H groups in total. The first-order valence-electron chi connectivity index (χ1n) is 8.46. The monoisotopic (exact) mass is 345 g/mol. The van der Waals surface area contributed by atoms with Crippen molar-refractivity contribution in [1.29, 1.82) is 0 Å². The molecule has 134 valence electrons. The highest BCUT2D eigenvalue weighted by Gasteiger charge is 2.53. The van der Waals surface area contributed by atoms with Gasteiger partial charge in [0.05, 0.1) is 0 Å². The molecule has 8 heteroatoms. The Hall–Kier alpha value is -1.57. The van der Waals surface area contributed by atoms with Crippen LogP contribution in [0.3, 0.4) is 0 Å². The molecule has 2 heterocycles. The number of hydrogen-bond acceptors (Lipinski definition) is 3. The Bertz CT molecular complexity index is 614. The zero-order valence-corrected chi connectivity index (χ0v) is 13.5. The molecule has 0 spiro atoms. The lowest BCUT2D eigenvalue weighted by Crippen LogP contribution is -2.46. The molecule has 0 radical (unpaired) electrons. The number of nitrogens with one attached hydrogen (secondary N) is 1. The van der Waals surface area contributed by atoms with Gasteiger partial charge in [-0.1, -0.05) is 6.42 Å². The second kappa shape index (κ2) is 6.38. The minimum Gasteiger partial charge on any atom is -0.380 e. The van der Waals surface area contributed by atoms with Crippen LogP contribution in [0.1, 0.15) is 60.3 Å². The summed E-state index contributed by atoms with van der Waals surface area (Å²) in [5, 5.41) is 16.9. The van der Waals surface area contributed by atoms with Gasteiger partial charge in [-0.05, 0) is 38.5 Å². The first kappa shape index (κ1) is 17.3. The van der Waals surface area contributed by atoms with Gasteiger partial charge in [-0.2, -0.15) is 18.3 Å². The fourth-order valence-corrected chi connectivity index (χ4v) is 3.59. The standard InChI is InChI=1S/C16H22F3N3O2/c17-16(18,19)15(24)7-4-9-22(10-8-15)14(23)13-11-5-2-1-3-6-12(11)20-21-13/h24H,1-10H2,(H,20,21). The van der Waals surface area contributed by atoms with Crippen LogP contribution in [-0.4, -0.2) is 51.0 Å². The van der Waals surface area contributed by atoms with Crippen LogP contribution in [0.5, 0.6) is 0 Å². The van der Waals surface area contributed by atoms with Gasteiger partial charge in [-0.25, -0.2) is 0 Å². The molecular formula is C16H22F3N3O2. The van der Waals surface area contributed by atoms with Gasteiger partial charge in [0.2, 0.25) is 0 Å². The molecule has 1 aromatic heterocycles. The second-order valence-electron chi connectivity index (χ2n) is 6.77. The fourth-order valence-electron chi connectivity index (χ4n) is 3.59. The molecule has 0 bridgehead atoms. The molecule has 1 aliphatic carbocycles. The van der Waals surface area contributed by atoms with E-state index in [1.54, 1.807) is 0 Å². The van der Waals surface area contributed by atoms with Crippen molar-refractivity contribution in [3.05, 3.63) is 17.0 Å². The summed E-state index contributed by atoms with van der Waals surface area (Å²) in [5.74, 6) is -0.333. The van der Waals surface area contributed by atoms with Crippen LogP contribution in [0.4, 0.5) is 13.2 Å². The number of carbonyl (C=O) groups is 1. The number of aryl methyl sites for hydroxylation is 1. The molecule has 1 atom stereocenters. The number of fused-ring (bicyclic) bond motifs is 1. The normalized spacial score (nSPS) is 25.8. The minimum absolute atomic E-state index is 0.115. The third-order valence-electron chi connectivity index (χ3n) is 5.14. The van der Waals surface area contributed by atoms with Gasteiger partial charge in [0, 0.05) is 30.8 Å². The van der Waals surface area contributed by atoms with Crippen molar-refractivity contribution in [1.82, 2.24) is 15.1 Å². The van der Waals surface area contributed by atoms with Gasteiger partial charge in [0.25, 0.3) is 5.91 Å². The topological polar surface area (TPSA) is 69.2 Å². The van der Waals surface area contributed by atoms with E-state index in [2.05, 4.69) is 10.2 Å². The van der Waals surface area contributed by atoms with E-state index in [0.717, 1.165) is 43.4 Å². The number of H-pyrrole nitrogens is 1. The van der Waals surface area contributed by atoms with Gasteiger partial charge >= 0.3 is 6.18 Å². The number of nitrogens with zero attached hydrogens (tertiary/aromatic N) is 2. The summed E-state index contributed by atoms with van der Waals surface area (Å²) in [4.78, 5) is 14.1. The fraction of sp³-hybridized carbons (Fsp3) is 0.750. The molecule has 1 fully saturated rings. The smallest absolute Gasteiger partial charge is 0.380 e. The molecule has 1 saturated heterocycles. The van der Waals surface area contributed by atoms with Crippen LogP contribution in [-0.2, 0) is 12.8 Å². The van der Waals surface area contributed by atoms with Crippen LogP contribution in [0.15, 0.2) is 0 Å². The maximum Gasteiger partial charge on any atom is 0.417 e. The van der Waals surface area contributed by atoms with Crippen molar-refractivity contribution < 1.29 is 23.1 Å². The Labute approximate surface area is 138 Å². The Morgan fingerprint density at radius 2 is 1.88 bits per heavy atom. The number of likely N-dealkylation sites (tertiary alicyclic amines) is 1. The molecule has 1 amide bonds. The molecule has 24 heavy (non-hydrogen) atoms. The predicted octanol–water partition coefficient (Wildman–Crippen LogP) is 2.60. The van der Waals surface area contributed by atoms with Crippen LogP contribution in [0.2, 0.25) is 0 Å². The van der Waals surface area contributed by atoms with Crippen molar-refractivity contribution in [2.24, 2.45) is 0 Å². The van der Waals surface area contributed by atoms with Crippen molar-refractivity contribution in [3.8, 4) is 0 Å². The number of carbonyl (C=O) groups excluding carboxylic acids is 1. The second-order valence-corrected chi connectivity index (χ2v) is 6.77. The van der Waals surface area contributed by atoms with Crippen LogP contribution < -0.4 is 0 Å². The zero-order valence-electron chi connectivity index (χ0n) is 13.5. The van der Waals surface area contributed by atoms with Gasteiger partial charge in [0.15, 0.2) is 11.3 Å². The van der Waals surface area contributed by atoms with Crippen molar-refractivity contribution >= 4 is 5.91 Å². The van der Waals surface area contributed by atoms with E-state index in [9.17, 15) is 23.1 Å². The van der Waals surface area contributed by atoms with Gasteiger partial charge in [-0.3, -0.25) is 9.89 Å². The van der Waals surface area contributed by atoms with Crippen molar-refractivity contribution in [3.63, 3.8) is 0 Å². The molecule has 0 saturated carbocycles. The van der Waals surface area contributed by atoms with E-state index in [1.165, 1.54) is 4.90 Å². The lowest BCUT2D eigenvalue weighted by atomic mass is 9.94.